The van der Waals surface area contributed by atoms with Gasteiger partial charge in [0.25, 0.3) is 0 Å². The number of hydrogen-bond acceptors (Lipinski definition) is 5. The summed E-state index contributed by atoms with van der Waals surface area (Å²) in [7, 11) is 0. The van der Waals surface area contributed by atoms with E-state index < -0.39 is 0 Å². The van der Waals surface area contributed by atoms with Crippen molar-refractivity contribution in [2.45, 2.75) is 20.1 Å². The first-order valence-electron chi connectivity index (χ1n) is 7.02. The predicted octanol–water partition coefficient (Wildman–Crippen LogP) is 2.50. The molecule has 0 amide bonds. The van der Waals surface area contributed by atoms with Crippen molar-refractivity contribution < 1.29 is 14.2 Å². The number of benzene rings is 1. The molecule has 1 aliphatic heterocycles. The Kier molecular flexibility index (Phi) is 4.21. The lowest BCUT2D eigenvalue weighted by Crippen LogP contribution is -2.13. The van der Waals surface area contributed by atoms with E-state index in [1.807, 2.05) is 30.3 Å². The van der Waals surface area contributed by atoms with Crippen LogP contribution in [-0.2, 0) is 13.2 Å². The third kappa shape index (κ3) is 3.25. The van der Waals surface area contributed by atoms with Crippen LogP contribution in [0.1, 0.15) is 18.2 Å². The summed E-state index contributed by atoms with van der Waals surface area (Å²) in [6.45, 7) is 4.39. The molecular formula is C16H18N2O3. The van der Waals surface area contributed by atoms with Crippen LogP contribution < -0.4 is 19.5 Å². The Hall–Kier alpha value is -2.27. The van der Waals surface area contributed by atoms with E-state index in [4.69, 9.17) is 14.2 Å². The van der Waals surface area contributed by atoms with Crippen molar-refractivity contribution in [1.29, 1.82) is 0 Å². The number of nitrogens with one attached hydrogen (secondary N) is 1. The van der Waals surface area contributed by atoms with Gasteiger partial charge in [0.15, 0.2) is 11.5 Å². The van der Waals surface area contributed by atoms with Gasteiger partial charge in [-0.2, -0.15) is 0 Å². The average Bonchev–Trinajstić information content (AvgIpc) is 2.98. The summed E-state index contributed by atoms with van der Waals surface area (Å²) in [4.78, 5) is 4.26. The van der Waals surface area contributed by atoms with Crippen LogP contribution in [0.2, 0.25) is 0 Å². The normalized spacial score (nSPS) is 12.4. The van der Waals surface area contributed by atoms with Gasteiger partial charge in [-0.15, -0.1) is 0 Å². The molecule has 3 rings (SSSR count). The standard InChI is InChI=1S/C16H18N2O3/c1-2-17-9-12-7-15-16(21-11-20-15)8-14(12)19-10-13-5-3-4-6-18-13/h3-8,17H,2,9-11H2,1H3. The van der Waals surface area contributed by atoms with E-state index in [2.05, 4.69) is 17.2 Å². The topological polar surface area (TPSA) is 52.6 Å². The van der Waals surface area contributed by atoms with Gasteiger partial charge in [-0.3, -0.25) is 4.98 Å². The molecule has 1 aromatic carbocycles. The molecule has 110 valence electrons. The van der Waals surface area contributed by atoms with Gasteiger partial charge in [0.2, 0.25) is 6.79 Å². The van der Waals surface area contributed by atoms with Gasteiger partial charge in [0, 0.05) is 24.4 Å². The molecule has 5 nitrogen and oxygen atoms in total. The van der Waals surface area contributed by atoms with Gasteiger partial charge in [-0.25, -0.2) is 0 Å². The molecule has 0 aliphatic carbocycles. The van der Waals surface area contributed by atoms with E-state index in [-0.39, 0.29) is 6.79 Å². The summed E-state index contributed by atoms with van der Waals surface area (Å²) < 4.78 is 16.7. The molecule has 2 heterocycles. The SMILES string of the molecule is CCNCc1cc2c(cc1OCc1ccccn1)OCO2. The summed E-state index contributed by atoms with van der Waals surface area (Å²) >= 11 is 0. The molecule has 5 heteroatoms. The van der Waals surface area contributed by atoms with Crippen LogP contribution in [0.4, 0.5) is 0 Å². The molecule has 0 saturated carbocycles. The third-order valence-corrected chi connectivity index (χ3v) is 3.22. The maximum atomic E-state index is 5.91. The van der Waals surface area contributed by atoms with Crippen molar-refractivity contribution in [3.05, 3.63) is 47.8 Å². The van der Waals surface area contributed by atoms with Crippen LogP contribution in [0.3, 0.4) is 0 Å². The zero-order valence-electron chi connectivity index (χ0n) is 12.0. The Labute approximate surface area is 123 Å². The minimum Gasteiger partial charge on any atom is -0.487 e. The van der Waals surface area contributed by atoms with Gasteiger partial charge >= 0.3 is 0 Å². The minimum absolute atomic E-state index is 0.264. The summed E-state index contributed by atoms with van der Waals surface area (Å²) in [6.07, 6.45) is 1.76. The Bertz CT molecular complexity index is 602. The van der Waals surface area contributed by atoms with Crippen LogP contribution in [0.5, 0.6) is 17.2 Å². The summed E-state index contributed by atoms with van der Waals surface area (Å²) in [5, 5.41) is 3.30. The summed E-state index contributed by atoms with van der Waals surface area (Å²) in [5.41, 5.74) is 1.95. The second-order valence-electron chi connectivity index (χ2n) is 4.70. The molecule has 0 radical (unpaired) electrons. The van der Waals surface area contributed by atoms with E-state index in [1.54, 1.807) is 6.20 Å². The molecule has 0 unspecified atom stereocenters. The highest BCUT2D eigenvalue weighted by Gasteiger charge is 2.18. The van der Waals surface area contributed by atoms with Crippen molar-refractivity contribution in [2.75, 3.05) is 13.3 Å². The Morgan fingerprint density at radius 1 is 1.24 bits per heavy atom. The molecular weight excluding hydrogens is 268 g/mol. The maximum absolute atomic E-state index is 5.91. The largest absolute Gasteiger partial charge is 0.487 e. The molecule has 2 aromatic rings. The molecule has 0 atom stereocenters. The highest BCUT2D eigenvalue weighted by Crippen LogP contribution is 2.38. The first-order valence-corrected chi connectivity index (χ1v) is 7.02. The second kappa shape index (κ2) is 6.45. The highest BCUT2D eigenvalue weighted by molar-refractivity contribution is 5.51. The van der Waals surface area contributed by atoms with E-state index in [1.165, 1.54) is 0 Å². The van der Waals surface area contributed by atoms with E-state index in [9.17, 15) is 0 Å². The lowest BCUT2D eigenvalue weighted by molar-refractivity contribution is 0.173. The van der Waals surface area contributed by atoms with Crippen molar-refractivity contribution >= 4 is 0 Å². The van der Waals surface area contributed by atoms with Gasteiger partial charge in [-0.1, -0.05) is 13.0 Å². The van der Waals surface area contributed by atoms with E-state index in [0.29, 0.717) is 6.61 Å². The molecule has 0 spiro atoms. The Morgan fingerprint density at radius 2 is 2.10 bits per heavy atom. The maximum Gasteiger partial charge on any atom is 0.231 e. The molecule has 1 aromatic heterocycles. The number of fused-ring (bicyclic) bond motifs is 1. The van der Waals surface area contributed by atoms with Crippen molar-refractivity contribution in [3.8, 4) is 17.2 Å². The highest BCUT2D eigenvalue weighted by atomic mass is 16.7. The van der Waals surface area contributed by atoms with Gasteiger partial charge < -0.3 is 19.5 Å². The number of nitrogens with zero attached hydrogens (tertiary/aromatic N) is 1. The van der Waals surface area contributed by atoms with E-state index >= 15 is 0 Å². The van der Waals surface area contributed by atoms with Crippen LogP contribution in [0, 0.1) is 0 Å². The van der Waals surface area contributed by atoms with Gasteiger partial charge in [-0.05, 0) is 24.7 Å². The van der Waals surface area contributed by atoms with Crippen LogP contribution in [0.25, 0.3) is 0 Å². The molecule has 0 fully saturated rings. The number of aromatic nitrogens is 1. The number of rotatable bonds is 6. The second-order valence-corrected chi connectivity index (χ2v) is 4.70. The number of ether oxygens (including phenoxy) is 3. The summed E-state index contributed by atoms with van der Waals surface area (Å²) in [6, 6.07) is 9.64. The predicted molar refractivity (Wildman–Crippen MR) is 78.5 cm³/mol. The Morgan fingerprint density at radius 3 is 2.86 bits per heavy atom. The molecule has 21 heavy (non-hydrogen) atoms. The summed E-state index contributed by atoms with van der Waals surface area (Å²) in [5.74, 6) is 2.30. The number of hydrogen-bond donors (Lipinski definition) is 1. The van der Waals surface area contributed by atoms with Crippen LogP contribution >= 0.6 is 0 Å². The van der Waals surface area contributed by atoms with Crippen molar-refractivity contribution in [2.24, 2.45) is 0 Å². The zero-order chi connectivity index (χ0) is 14.5. The third-order valence-electron chi connectivity index (χ3n) is 3.22. The Balaban J connectivity index is 1.78. The molecule has 1 aliphatic rings. The average molecular weight is 286 g/mol. The fourth-order valence-corrected chi connectivity index (χ4v) is 2.13. The number of pyridine rings is 1. The molecule has 0 bridgehead atoms. The van der Waals surface area contributed by atoms with Gasteiger partial charge in [0.1, 0.15) is 12.4 Å². The quantitative estimate of drug-likeness (QED) is 0.884. The lowest BCUT2D eigenvalue weighted by Gasteiger charge is -2.12. The van der Waals surface area contributed by atoms with Crippen molar-refractivity contribution in [1.82, 2.24) is 10.3 Å². The minimum atomic E-state index is 0.264. The van der Waals surface area contributed by atoms with Gasteiger partial charge in [0.05, 0.1) is 5.69 Å². The smallest absolute Gasteiger partial charge is 0.231 e. The first kappa shape index (κ1) is 13.7. The fraction of sp³-hybridized carbons (Fsp3) is 0.312. The van der Waals surface area contributed by atoms with Crippen LogP contribution in [0.15, 0.2) is 36.5 Å². The molecule has 1 N–H and O–H groups in total. The van der Waals surface area contributed by atoms with E-state index in [0.717, 1.165) is 41.6 Å². The molecule has 0 saturated heterocycles. The fourth-order valence-electron chi connectivity index (χ4n) is 2.13. The lowest BCUT2D eigenvalue weighted by atomic mass is 10.1. The monoisotopic (exact) mass is 286 g/mol. The first-order chi connectivity index (χ1) is 10.4. The van der Waals surface area contributed by atoms with Crippen molar-refractivity contribution in [3.63, 3.8) is 0 Å². The van der Waals surface area contributed by atoms with Crippen LogP contribution in [-0.4, -0.2) is 18.3 Å². The zero-order valence-corrected chi connectivity index (χ0v) is 12.0.